The average molecular weight is 245 g/mol. The van der Waals surface area contributed by atoms with Gasteiger partial charge in [0.05, 0.1) is 11.1 Å². The van der Waals surface area contributed by atoms with Crippen LogP contribution in [0.3, 0.4) is 0 Å². The predicted octanol–water partition coefficient (Wildman–Crippen LogP) is 1.52. The number of hydrogen-bond acceptors (Lipinski definition) is 3. The molecule has 0 bridgehead atoms. The molecule has 2 N–H and O–H groups in total. The Balaban J connectivity index is 2.90. The Hall–Kier alpha value is -1.89. The van der Waals surface area contributed by atoms with Gasteiger partial charge in [-0.15, -0.1) is 6.58 Å². The molecule has 7 heteroatoms. The van der Waals surface area contributed by atoms with Crippen molar-refractivity contribution in [1.82, 2.24) is 15.8 Å². The number of hydrogen-bond donors (Lipinski definition) is 2. The molecule has 0 saturated carbocycles. The van der Waals surface area contributed by atoms with E-state index in [1.54, 1.807) is 0 Å². The maximum atomic E-state index is 12.6. The molecule has 0 aromatic carbocycles. The third-order valence-corrected chi connectivity index (χ3v) is 1.82. The van der Waals surface area contributed by atoms with Gasteiger partial charge in [-0.3, -0.25) is 15.2 Å². The van der Waals surface area contributed by atoms with E-state index in [2.05, 4.69) is 22.4 Å². The molecule has 0 spiro atoms. The van der Waals surface area contributed by atoms with Gasteiger partial charge in [-0.1, -0.05) is 6.08 Å². The second-order valence-electron chi connectivity index (χ2n) is 3.04. The lowest BCUT2D eigenvalue weighted by Crippen LogP contribution is -2.38. The van der Waals surface area contributed by atoms with Gasteiger partial charge in [0.15, 0.2) is 0 Å². The van der Waals surface area contributed by atoms with Gasteiger partial charge in [-0.2, -0.15) is 13.2 Å². The van der Waals surface area contributed by atoms with Crippen molar-refractivity contribution >= 4 is 5.91 Å². The van der Waals surface area contributed by atoms with Crippen LogP contribution in [0.15, 0.2) is 31.1 Å². The lowest BCUT2D eigenvalue weighted by Gasteiger charge is -2.11. The fourth-order valence-electron chi connectivity index (χ4n) is 1.09. The highest BCUT2D eigenvalue weighted by atomic mass is 19.4. The normalized spacial score (nSPS) is 11.0. The van der Waals surface area contributed by atoms with Gasteiger partial charge in [0.1, 0.15) is 0 Å². The van der Waals surface area contributed by atoms with E-state index >= 15 is 0 Å². The number of halogens is 3. The number of carbonyl (C=O) groups excluding carboxylic acids is 1. The number of alkyl halides is 3. The maximum absolute atomic E-state index is 12.6. The molecule has 0 unspecified atom stereocenters. The van der Waals surface area contributed by atoms with E-state index in [-0.39, 0.29) is 6.54 Å². The van der Waals surface area contributed by atoms with Crippen LogP contribution in [0.2, 0.25) is 0 Å². The molecule has 0 atom stereocenters. The molecule has 0 aliphatic carbocycles. The predicted molar refractivity (Wildman–Crippen MR) is 54.9 cm³/mol. The lowest BCUT2D eigenvalue weighted by molar-refractivity contribution is -0.138. The highest BCUT2D eigenvalue weighted by molar-refractivity contribution is 5.95. The van der Waals surface area contributed by atoms with Gasteiger partial charge < -0.3 is 0 Å². The summed E-state index contributed by atoms with van der Waals surface area (Å²) < 4.78 is 37.7. The van der Waals surface area contributed by atoms with Gasteiger partial charge in [-0.25, -0.2) is 5.43 Å². The van der Waals surface area contributed by atoms with Crippen molar-refractivity contribution in [2.24, 2.45) is 0 Å². The minimum Gasteiger partial charge on any atom is -0.287 e. The topological polar surface area (TPSA) is 54.0 Å². The summed E-state index contributed by atoms with van der Waals surface area (Å²) in [4.78, 5) is 14.9. The Morgan fingerprint density at radius 3 is 2.82 bits per heavy atom. The van der Waals surface area contributed by atoms with Crippen LogP contribution in [0.4, 0.5) is 13.2 Å². The Kier molecular flexibility index (Phi) is 4.22. The summed E-state index contributed by atoms with van der Waals surface area (Å²) in [6.07, 6.45) is -1.28. The summed E-state index contributed by atoms with van der Waals surface area (Å²) in [5.74, 6) is -0.896. The molecule has 1 heterocycles. The number of carbonyl (C=O) groups is 1. The first kappa shape index (κ1) is 13.2. The molecule has 0 aliphatic rings. The SMILES string of the molecule is C=CCNNC(=O)c1cnccc1C(F)(F)F. The highest BCUT2D eigenvalue weighted by Crippen LogP contribution is 2.31. The quantitative estimate of drug-likeness (QED) is 0.480. The van der Waals surface area contributed by atoms with E-state index < -0.39 is 23.2 Å². The van der Waals surface area contributed by atoms with Crippen LogP contribution in [-0.4, -0.2) is 17.4 Å². The monoisotopic (exact) mass is 245 g/mol. The van der Waals surface area contributed by atoms with Crippen molar-refractivity contribution in [1.29, 1.82) is 0 Å². The smallest absolute Gasteiger partial charge is 0.287 e. The van der Waals surface area contributed by atoms with E-state index in [4.69, 9.17) is 0 Å². The van der Waals surface area contributed by atoms with Crippen molar-refractivity contribution in [3.05, 3.63) is 42.2 Å². The molecule has 0 saturated heterocycles. The summed E-state index contributed by atoms with van der Waals surface area (Å²) in [6.45, 7) is 3.62. The van der Waals surface area contributed by atoms with Crippen LogP contribution < -0.4 is 10.9 Å². The number of pyridine rings is 1. The average Bonchev–Trinajstić information content (AvgIpc) is 2.28. The molecule has 1 rings (SSSR count). The van der Waals surface area contributed by atoms with Crippen LogP contribution >= 0.6 is 0 Å². The fraction of sp³-hybridized carbons (Fsp3) is 0.200. The Morgan fingerprint density at radius 1 is 1.53 bits per heavy atom. The Bertz CT molecular complexity index is 418. The minimum absolute atomic E-state index is 0.243. The van der Waals surface area contributed by atoms with Crippen molar-refractivity contribution in [2.75, 3.05) is 6.54 Å². The maximum Gasteiger partial charge on any atom is 0.417 e. The van der Waals surface area contributed by atoms with Gasteiger partial charge in [0.25, 0.3) is 5.91 Å². The number of nitrogens with one attached hydrogen (secondary N) is 2. The van der Waals surface area contributed by atoms with E-state index in [1.165, 1.54) is 6.08 Å². The van der Waals surface area contributed by atoms with Crippen molar-refractivity contribution in [3.8, 4) is 0 Å². The molecule has 0 radical (unpaired) electrons. The number of hydrazine groups is 1. The Labute approximate surface area is 95.5 Å². The second-order valence-corrected chi connectivity index (χ2v) is 3.04. The standard InChI is InChI=1S/C10H10F3N3O/c1-2-4-15-16-9(17)7-6-14-5-3-8(7)10(11,12)13/h2-3,5-6,15H,1,4H2,(H,16,17). The number of rotatable bonds is 4. The van der Waals surface area contributed by atoms with Gasteiger partial charge >= 0.3 is 6.18 Å². The lowest BCUT2D eigenvalue weighted by atomic mass is 10.1. The summed E-state index contributed by atoms with van der Waals surface area (Å²) in [7, 11) is 0. The number of amides is 1. The fourth-order valence-corrected chi connectivity index (χ4v) is 1.09. The molecular formula is C10H10F3N3O. The first-order valence-electron chi connectivity index (χ1n) is 4.62. The first-order valence-corrected chi connectivity index (χ1v) is 4.62. The zero-order chi connectivity index (χ0) is 12.9. The Morgan fingerprint density at radius 2 is 2.24 bits per heavy atom. The molecular weight excluding hydrogens is 235 g/mol. The van der Waals surface area contributed by atoms with E-state index in [0.29, 0.717) is 0 Å². The minimum atomic E-state index is -4.59. The molecule has 17 heavy (non-hydrogen) atoms. The largest absolute Gasteiger partial charge is 0.417 e. The van der Waals surface area contributed by atoms with Crippen LogP contribution in [0, 0.1) is 0 Å². The van der Waals surface area contributed by atoms with Gasteiger partial charge in [0.2, 0.25) is 0 Å². The summed E-state index contributed by atoms with van der Waals surface area (Å²) in [6, 6.07) is 0.752. The van der Waals surface area contributed by atoms with Crippen molar-refractivity contribution in [3.63, 3.8) is 0 Å². The van der Waals surface area contributed by atoms with Crippen molar-refractivity contribution in [2.45, 2.75) is 6.18 Å². The van der Waals surface area contributed by atoms with Crippen LogP contribution in [0.1, 0.15) is 15.9 Å². The molecule has 1 aromatic rings. The second kappa shape index (κ2) is 5.44. The van der Waals surface area contributed by atoms with Gasteiger partial charge in [0, 0.05) is 18.9 Å². The summed E-state index contributed by atoms with van der Waals surface area (Å²) in [5, 5.41) is 0. The molecule has 1 aromatic heterocycles. The number of aromatic nitrogens is 1. The summed E-state index contributed by atoms with van der Waals surface area (Å²) >= 11 is 0. The van der Waals surface area contributed by atoms with Crippen LogP contribution in [0.25, 0.3) is 0 Å². The molecule has 0 aliphatic heterocycles. The molecule has 1 amide bonds. The molecule has 0 fully saturated rings. The third kappa shape index (κ3) is 3.56. The van der Waals surface area contributed by atoms with Gasteiger partial charge in [-0.05, 0) is 6.07 Å². The molecule has 92 valence electrons. The third-order valence-electron chi connectivity index (χ3n) is 1.82. The van der Waals surface area contributed by atoms with Crippen LogP contribution in [-0.2, 0) is 6.18 Å². The molecule has 4 nitrogen and oxygen atoms in total. The van der Waals surface area contributed by atoms with E-state index in [0.717, 1.165) is 18.5 Å². The summed E-state index contributed by atoms with van der Waals surface area (Å²) in [5.41, 5.74) is 2.96. The van der Waals surface area contributed by atoms with E-state index in [1.807, 2.05) is 0 Å². The van der Waals surface area contributed by atoms with E-state index in [9.17, 15) is 18.0 Å². The zero-order valence-electron chi connectivity index (χ0n) is 8.71. The van der Waals surface area contributed by atoms with Crippen molar-refractivity contribution < 1.29 is 18.0 Å². The number of nitrogens with zero attached hydrogens (tertiary/aromatic N) is 1. The highest BCUT2D eigenvalue weighted by Gasteiger charge is 2.35. The zero-order valence-corrected chi connectivity index (χ0v) is 8.71. The first-order chi connectivity index (χ1) is 7.96. The van der Waals surface area contributed by atoms with Crippen LogP contribution in [0.5, 0.6) is 0 Å².